The SMILES string of the molecule is Cc1ccc(-c2nnc3c(Cl)nc(C)c(C)n23)cn1. The van der Waals surface area contributed by atoms with Crippen LogP contribution in [0, 0.1) is 20.8 Å². The molecule has 3 heterocycles. The number of aromatic nitrogens is 5. The van der Waals surface area contributed by atoms with Gasteiger partial charge in [-0.25, -0.2) is 4.98 Å². The average molecular weight is 274 g/mol. The highest BCUT2D eigenvalue weighted by Crippen LogP contribution is 2.23. The van der Waals surface area contributed by atoms with Crippen LogP contribution in [0.2, 0.25) is 5.15 Å². The molecule has 3 aromatic heterocycles. The van der Waals surface area contributed by atoms with E-state index in [0.717, 1.165) is 28.5 Å². The van der Waals surface area contributed by atoms with E-state index in [-0.39, 0.29) is 0 Å². The van der Waals surface area contributed by atoms with Gasteiger partial charge >= 0.3 is 0 Å². The first kappa shape index (κ1) is 12.0. The second kappa shape index (κ2) is 4.28. The zero-order valence-electron chi connectivity index (χ0n) is 10.8. The summed E-state index contributed by atoms with van der Waals surface area (Å²) >= 11 is 6.11. The van der Waals surface area contributed by atoms with Crippen LogP contribution in [0.3, 0.4) is 0 Å². The molecule has 3 aromatic rings. The van der Waals surface area contributed by atoms with Gasteiger partial charge in [-0.05, 0) is 32.9 Å². The molecule has 96 valence electrons. The molecule has 0 radical (unpaired) electrons. The Morgan fingerprint density at radius 3 is 2.58 bits per heavy atom. The fourth-order valence-corrected chi connectivity index (χ4v) is 2.21. The normalized spacial score (nSPS) is 11.2. The molecule has 5 nitrogen and oxygen atoms in total. The van der Waals surface area contributed by atoms with Crippen LogP contribution in [-0.2, 0) is 0 Å². The Balaban J connectivity index is 2.34. The quantitative estimate of drug-likeness (QED) is 0.684. The lowest BCUT2D eigenvalue weighted by Gasteiger charge is -2.07. The van der Waals surface area contributed by atoms with E-state index in [9.17, 15) is 0 Å². The van der Waals surface area contributed by atoms with Gasteiger partial charge < -0.3 is 0 Å². The number of hydrogen-bond acceptors (Lipinski definition) is 4. The Morgan fingerprint density at radius 1 is 1.11 bits per heavy atom. The third-order valence-electron chi connectivity index (χ3n) is 3.14. The summed E-state index contributed by atoms with van der Waals surface area (Å²) < 4.78 is 1.91. The second-order valence-electron chi connectivity index (χ2n) is 4.44. The summed E-state index contributed by atoms with van der Waals surface area (Å²) in [5, 5.41) is 8.68. The molecule has 6 heteroatoms. The number of pyridine rings is 1. The first-order valence-electron chi connectivity index (χ1n) is 5.89. The van der Waals surface area contributed by atoms with E-state index in [4.69, 9.17) is 11.6 Å². The molecule has 3 rings (SSSR count). The maximum absolute atomic E-state index is 6.11. The second-order valence-corrected chi connectivity index (χ2v) is 4.80. The minimum absolute atomic E-state index is 0.363. The third-order valence-corrected chi connectivity index (χ3v) is 3.40. The van der Waals surface area contributed by atoms with E-state index < -0.39 is 0 Å². The molecule has 19 heavy (non-hydrogen) atoms. The van der Waals surface area contributed by atoms with Crippen LogP contribution in [0.4, 0.5) is 0 Å². The van der Waals surface area contributed by atoms with Crippen molar-refractivity contribution in [1.82, 2.24) is 24.6 Å². The third kappa shape index (κ3) is 1.86. The van der Waals surface area contributed by atoms with Crippen molar-refractivity contribution >= 4 is 17.2 Å². The van der Waals surface area contributed by atoms with Gasteiger partial charge in [-0.2, -0.15) is 0 Å². The van der Waals surface area contributed by atoms with Gasteiger partial charge in [-0.3, -0.25) is 9.38 Å². The number of rotatable bonds is 1. The van der Waals surface area contributed by atoms with Crippen LogP contribution in [0.15, 0.2) is 18.3 Å². The monoisotopic (exact) mass is 273 g/mol. The van der Waals surface area contributed by atoms with Crippen LogP contribution in [0.25, 0.3) is 17.0 Å². The maximum atomic E-state index is 6.11. The van der Waals surface area contributed by atoms with Crippen molar-refractivity contribution in [3.05, 3.63) is 40.6 Å². The van der Waals surface area contributed by atoms with E-state index in [1.807, 2.05) is 37.3 Å². The molecule has 0 aliphatic carbocycles. The molecule has 0 unspecified atom stereocenters. The first-order valence-corrected chi connectivity index (χ1v) is 6.26. The standard InChI is InChI=1S/C13H12ClN5/c1-7-4-5-10(6-15-7)12-17-18-13-11(14)16-8(2)9(3)19(12)13/h4-6H,1-3H3. The molecule has 0 amide bonds. The van der Waals surface area contributed by atoms with E-state index in [2.05, 4.69) is 20.2 Å². The molecule has 0 saturated heterocycles. The Hall–Kier alpha value is -2.01. The van der Waals surface area contributed by atoms with Crippen molar-refractivity contribution in [3.63, 3.8) is 0 Å². The Kier molecular flexibility index (Phi) is 2.71. The van der Waals surface area contributed by atoms with Gasteiger partial charge in [0.2, 0.25) is 0 Å². The lowest BCUT2D eigenvalue weighted by Crippen LogP contribution is -2.01. The molecule has 0 atom stereocenters. The summed E-state index contributed by atoms with van der Waals surface area (Å²) in [7, 11) is 0. The highest BCUT2D eigenvalue weighted by molar-refractivity contribution is 6.32. The Morgan fingerprint density at radius 2 is 1.89 bits per heavy atom. The molecule has 0 fully saturated rings. The molecular weight excluding hydrogens is 262 g/mol. The van der Waals surface area contributed by atoms with Gasteiger partial charge in [0.1, 0.15) is 0 Å². The Bertz CT molecular complexity index is 761. The number of hydrogen-bond donors (Lipinski definition) is 0. The molecule has 0 N–H and O–H groups in total. The highest BCUT2D eigenvalue weighted by Gasteiger charge is 2.15. The van der Waals surface area contributed by atoms with Gasteiger partial charge in [0.25, 0.3) is 0 Å². The number of aryl methyl sites for hydroxylation is 3. The van der Waals surface area contributed by atoms with Crippen molar-refractivity contribution in [1.29, 1.82) is 0 Å². The van der Waals surface area contributed by atoms with E-state index >= 15 is 0 Å². The van der Waals surface area contributed by atoms with Gasteiger partial charge in [0.15, 0.2) is 16.6 Å². The number of fused-ring (bicyclic) bond motifs is 1. The van der Waals surface area contributed by atoms with Crippen LogP contribution in [0.5, 0.6) is 0 Å². The van der Waals surface area contributed by atoms with Gasteiger partial charge in [0, 0.05) is 23.1 Å². The molecule has 0 aliphatic rings. The van der Waals surface area contributed by atoms with Gasteiger partial charge in [0.05, 0.1) is 5.69 Å². The maximum Gasteiger partial charge on any atom is 0.199 e. The van der Waals surface area contributed by atoms with Crippen LogP contribution in [-0.4, -0.2) is 24.6 Å². The summed E-state index contributed by atoms with van der Waals surface area (Å²) in [4.78, 5) is 8.54. The first-order chi connectivity index (χ1) is 9.08. The predicted molar refractivity (Wildman–Crippen MR) is 73.2 cm³/mol. The molecular formula is C13H12ClN5. The summed E-state index contributed by atoms with van der Waals surface area (Å²) in [5.74, 6) is 0.729. The average Bonchev–Trinajstić information content (AvgIpc) is 2.82. The molecule has 0 spiro atoms. The lowest BCUT2D eigenvalue weighted by molar-refractivity contribution is 0.998. The summed E-state index contributed by atoms with van der Waals surface area (Å²) in [6.45, 7) is 5.83. The van der Waals surface area contributed by atoms with Gasteiger partial charge in [-0.15, -0.1) is 10.2 Å². The topological polar surface area (TPSA) is 56.0 Å². The minimum Gasteiger partial charge on any atom is -0.275 e. The van der Waals surface area contributed by atoms with E-state index in [1.54, 1.807) is 6.20 Å². The largest absolute Gasteiger partial charge is 0.275 e. The summed E-state index contributed by atoms with van der Waals surface area (Å²) in [6.07, 6.45) is 1.79. The van der Waals surface area contributed by atoms with E-state index in [1.165, 1.54) is 0 Å². The van der Waals surface area contributed by atoms with Crippen molar-refractivity contribution in [2.45, 2.75) is 20.8 Å². The lowest BCUT2D eigenvalue weighted by atomic mass is 10.2. The molecule has 0 aromatic carbocycles. The predicted octanol–water partition coefficient (Wildman–Crippen LogP) is 2.76. The summed E-state index contributed by atoms with van der Waals surface area (Å²) in [5.41, 5.74) is 4.27. The van der Waals surface area contributed by atoms with Crippen LogP contribution in [0.1, 0.15) is 17.1 Å². The fourth-order valence-electron chi connectivity index (χ4n) is 1.96. The summed E-state index contributed by atoms with van der Waals surface area (Å²) in [6, 6.07) is 3.92. The number of halogens is 1. The smallest absolute Gasteiger partial charge is 0.199 e. The Labute approximate surface area is 115 Å². The highest BCUT2D eigenvalue weighted by atomic mass is 35.5. The minimum atomic E-state index is 0.363. The van der Waals surface area contributed by atoms with Crippen LogP contribution >= 0.6 is 11.6 Å². The molecule has 0 saturated carbocycles. The number of nitrogens with zero attached hydrogens (tertiary/aromatic N) is 5. The van der Waals surface area contributed by atoms with Crippen molar-refractivity contribution in [3.8, 4) is 11.4 Å². The molecule has 0 aliphatic heterocycles. The van der Waals surface area contributed by atoms with Crippen molar-refractivity contribution < 1.29 is 0 Å². The molecule has 0 bridgehead atoms. The van der Waals surface area contributed by atoms with Crippen molar-refractivity contribution in [2.75, 3.05) is 0 Å². The van der Waals surface area contributed by atoms with Crippen molar-refractivity contribution in [2.24, 2.45) is 0 Å². The fraction of sp³-hybridized carbons (Fsp3) is 0.231. The van der Waals surface area contributed by atoms with Gasteiger partial charge in [-0.1, -0.05) is 11.6 Å². The zero-order valence-corrected chi connectivity index (χ0v) is 11.6. The van der Waals surface area contributed by atoms with E-state index in [0.29, 0.717) is 10.8 Å². The van der Waals surface area contributed by atoms with Crippen LogP contribution < -0.4 is 0 Å². The zero-order chi connectivity index (χ0) is 13.6.